The molecule has 5 nitrogen and oxygen atoms in total. The average Bonchev–Trinajstić information content (AvgIpc) is 2.53. The van der Waals surface area contributed by atoms with Crippen molar-refractivity contribution in [2.75, 3.05) is 11.8 Å². The van der Waals surface area contributed by atoms with Crippen molar-refractivity contribution < 1.29 is 17.9 Å². The minimum Gasteiger partial charge on any atom is -0.465 e. The fraction of sp³-hybridized carbons (Fsp3) is 0.235. The van der Waals surface area contributed by atoms with Crippen LogP contribution in [0.3, 0.4) is 0 Å². The van der Waals surface area contributed by atoms with Gasteiger partial charge in [0.25, 0.3) is 10.0 Å². The van der Waals surface area contributed by atoms with Crippen molar-refractivity contribution in [2.45, 2.75) is 24.7 Å². The second-order valence-corrected chi connectivity index (χ2v) is 8.08. The van der Waals surface area contributed by atoms with Gasteiger partial charge in [0.05, 0.1) is 12.7 Å². The molecule has 2 aromatic carbocycles. The Hall–Kier alpha value is -1.86. The van der Waals surface area contributed by atoms with Gasteiger partial charge in [-0.1, -0.05) is 41.9 Å². The van der Waals surface area contributed by atoms with Gasteiger partial charge in [0.1, 0.15) is 4.90 Å². The van der Waals surface area contributed by atoms with E-state index in [1.165, 1.54) is 19.2 Å². The number of benzene rings is 2. The Bertz CT molecular complexity index is 845. The maximum Gasteiger partial charge on any atom is 0.339 e. The lowest BCUT2D eigenvalue weighted by molar-refractivity contribution is 0.0596. The third kappa shape index (κ3) is 4.15. The van der Waals surface area contributed by atoms with Crippen LogP contribution in [0.2, 0.25) is 0 Å². The van der Waals surface area contributed by atoms with E-state index in [1.807, 2.05) is 12.1 Å². The number of halogens is 1. The molecule has 7 heteroatoms. The zero-order valence-corrected chi connectivity index (χ0v) is 15.9. The summed E-state index contributed by atoms with van der Waals surface area (Å²) in [7, 11) is -2.71. The molecule has 0 saturated heterocycles. The predicted molar refractivity (Wildman–Crippen MR) is 96.8 cm³/mol. The van der Waals surface area contributed by atoms with Gasteiger partial charge in [0.15, 0.2) is 0 Å². The van der Waals surface area contributed by atoms with Crippen LogP contribution in [0.15, 0.2) is 51.8 Å². The Morgan fingerprint density at radius 2 is 1.75 bits per heavy atom. The highest BCUT2D eigenvalue weighted by Crippen LogP contribution is 2.25. The molecule has 0 heterocycles. The molecule has 0 bridgehead atoms. The molecule has 1 N–H and O–H groups in total. The maximum atomic E-state index is 12.6. The molecule has 0 fully saturated rings. The van der Waals surface area contributed by atoms with Crippen LogP contribution in [-0.2, 0) is 14.8 Å². The van der Waals surface area contributed by atoms with E-state index in [0.29, 0.717) is 16.1 Å². The summed E-state index contributed by atoms with van der Waals surface area (Å²) < 4.78 is 33.0. The molecule has 0 aliphatic heterocycles. The van der Waals surface area contributed by atoms with Gasteiger partial charge in [-0.3, -0.25) is 4.72 Å². The molecular formula is C17H18BrNO4S. The molecule has 24 heavy (non-hydrogen) atoms. The van der Waals surface area contributed by atoms with Crippen molar-refractivity contribution in [3.8, 4) is 0 Å². The SMILES string of the molecule is COC(=O)c1cc(Br)ccc1S(=O)(=O)Nc1ccc(C(C)C)cc1. The Balaban J connectivity index is 2.39. The van der Waals surface area contributed by atoms with E-state index >= 15 is 0 Å². The van der Waals surface area contributed by atoms with Crippen LogP contribution in [0.5, 0.6) is 0 Å². The molecule has 0 aromatic heterocycles. The van der Waals surface area contributed by atoms with Crippen molar-refractivity contribution in [1.82, 2.24) is 0 Å². The zero-order valence-electron chi connectivity index (χ0n) is 13.5. The lowest BCUT2D eigenvalue weighted by Gasteiger charge is -2.12. The van der Waals surface area contributed by atoms with E-state index in [0.717, 1.165) is 5.56 Å². The quantitative estimate of drug-likeness (QED) is 0.749. The second kappa shape index (κ2) is 7.36. The van der Waals surface area contributed by atoms with Crippen LogP contribution < -0.4 is 4.72 Å². The van der Waals surface area contributed by atoms with Crippen LogP contribution in [0.1, 0.15) is 35.7 Å². The molecule has 0 unspecified atom stereocenters. The molecule has 2 rings (SSSR count). The van der Waals surface area contributed by atoms with Gasteiger partial charge in [0.2, 0.25) is 0 Å². The summed E-state index contributed by atoms with van der Waals surface area (Å²) in [5.41, 5.74) is 1.51. The molecule has 0 aliphatic carbocycles. The largest absolute Gasteiger partial charge is 0.465 e. The summed E-state index contributed by atoms with van der Waals surface area (Å²) in [4.78, 5) is 11.7. The molecule has 0 spiro atoms. The molecule has 0 saturated carbocycles. The molecule has 128 valence electrons. The van der Waals surface area contributed by atoms with Gasteiger partial charge in [-0.15, -0.1) is 0 Å². The minimum absolute atomic E-state index is 0.0295. The first-order valence-corrected chi connectivity index (χ1v) is 9.53. The minimum atomic E-state index is -3.92. The van der Waals surface area contributed by atoms with Crippen LogP contribution in [-0.4, -0.2) is 21.5 Å². The Kier molecular flexibility index (Phi) is 5.66. The predicted octanol–water partition coefficient (Wildman–Crippen LogP) is 4.16. The topological polar surface area (TPSA) is 72.5 Å². The highest BCUT2D eigenvalue weighted by Gasteiger charge is 2.23. The Morgan fingerprint density at radius 1 is 1.12 bits per heavy atom. The van der Waals surface area contributed by atoms with Crippen molar-refractivity contribution in [1.29, 1.82) is 0 Å². The molecular weight excluding hydrogens is 394 g/mol. The number of carbonyl (C=O) groups is 1. The average molecular weight is 412 g/mol. The Morgan fingerprint density at radius 3 is 2.29 bits per heavy atom. The number of anilines is 1. The highest BCUT2D eigenvalue weighted by atomic mass is 79.9. The van der Waals surface area contributed by atoms with Crippen molar-refractivity contribution in [3.05, 3.63) is 58.1 Å². The van der Waals surface area contributed by atoms with E-state index in [4.69, 9.17) is 0 Å². The number of esters is 1. The standard InChI is InChI=1S/C17H18BrNO4S/c1-11(2)12-4-7-14(8-5-12)19-24(21,22)16-9-6-13(18)10-15(16)17(20)23-3/h4-11,19H,1-3H3. The summed E-state index contributed by atoms with van der Waals surface area (Å²) >= 11 is 3.23. The first kappa shape index (κ1) is 18.5. The van der Waals surface area contributed by atoms with E-state index in [9.17, 15) is 13.2 Å². The third-order valence-electron chi connectivity index (χ3n) is 3.47. The van der Waals surface area contributed by atoms with E-state index < -0.39 is 16.0 Å². The van der Waals surface area contributed by atoms with Crippen molar-refractivity contribution in [2.24, 2.45) is 0 Å². The third-order valence-corrected chi connectivity index (χ3v) is 5.40. The first-order valence-electron chi connectivity index (χ1n) is 7.25. The van der Waals surface area contributed by atoms with Crippen molar-refractivity contribution in [3.63, 3.8) is 0 Å². The van der Waals surface area contributed by atoms with E-state index in [2.05, 4.69) is 39.2 Å². The summed E-state index contributed by atoms with van der Waals surface area (Å²) in [6, 6.07) is 11.5. The lowest BCUT2D eigenvalue weighted by atomic mass is 10.0. The van der Waals surface area contributed by atoms with Gasteiger partial charge < -0.3 is 4.74 Å². The van der Waals surface area contributed by atoms with E-state index in [1.54, 1.807) is 18.2 Å². The summed E-state index contributed by atoms with van der Waals surface area (Å²) in [5.74, 6) is -0.361. The van der Waals surface area contributed by atoms with Crippen LogP contribution in [0.25, 0.3) is 0 Å². The number of ether oxygens (including phenoxy) is 1. The maximum absolute atomic E-state index is 12.6. The highest BCUT2D eigenvalue weighted by molar-refractivity contribution is 9.10. The number of hydrogen-bond acceptors (Lipinski definition) is 4. The van der Waals surface area contributed by atoms with Gasteiger partial charge in [-0.05, 0) is 41.8 Å². The monoisotopic (exact) mass is 411 g/mol. The van der Waals surface area contributed by atoms with Gasteiger partial charge in [-0.2, -0.15) is 0 Å². The second-order valence-electron chi connectivity index (χ2n) is 5.51. The number of methoxy groups -OCH3 is 1. The van der Waals surface area contributed by atoms with Crippen molar-refractivity contribution >= 4 is 37.6 Å². The molecule has 0 radical (unpaired) electrons. The molecule has 2 aromatic rings. The number of sulfonamides is 1. The normalized spacial score (nSPS) is 11.4. The van der Waals surface area contributed by atoms with Crippen LogP contribution in [0, 0.1) is 0 Å². The fourth-order valence-electron chi connectivity index (χ4n) is 2.15. The fourth-order valence-corrected chi connectivity index (χ4v) is 3.75. The molecule has 0 aliphatic rings. The number of rotatable bonds is 5. The van der Waals surface area contributed by atoms with Gasteiger partial charge in [0, 0.05) is 10.2 Å². The Labute approximate surface area is 150 Å². The first-order chi connectivity index (χ1) is 11.2. The van der Waals surface area contributed by atoms with Crippen LogP contribution >= 0.6 is 15.9 Å². The smallest absolute Gasteiger partial charge is 0.339 e. The number of hydrogen-bond donors (Lipinski definition) is 1. The number of nitrogens with one attached hydrogen (secondary N) is 1. The summed E-state index contributed by atoms with van der Waals surface area (Å²) in [6.45, 7) is 4.12. The number of carbonyl (C=O) groups excluding carboxylic acids is 1. The van der Waals surface area contributed by atoms with Gasteiger partial charge >= 0.3 is 5.97 Å². The lowest BCUT2D eigenvalue weighted by Crippen LogP contribution is -2.17. The molecule has 0 amide bonds. The van der Waals surface area contributed by atoms with Crippen LogP contribution in [0.4, 0.5) is 5.69 Å². The molecule has 0 atom stereocenters. The summed E-state index contributed by atoms with van der Waals surface area (Å²) in [5, 5.41) is 0. The van der Waals surface area contributed by atoms with Gasteiger partial charge in [-0.25, -0.2) is 13.2 Å². The zero-order chi connectivity index (χ0) is 17.9. The van der Waals surface area contributed by atoms with E-state index in [-0.39, 0.29) is 10.5 Å². The summed E-state index contributed by atoms with van der Waals surface area (Å²) in [6.07, 6.45) is 0.